The Balaban J connectivity index is 1.54. The zero-order valence-corrected chi connectivity index (χ0v) is 9.39. The van der Waals surface area contributed by atoms with E-state index in [9.17, 15) is 0 Å². The number of hydrogen-bond donors (Lipinski definition) is 2. The predicted molar refractivity (Wildman–Crippen MR) is 60.4 cm³/mol. The summed E-state index contributed by atoms with van der Waals surface area (Å²) in [5.41, 5.74) is 0. The van der Waals surface area contributed by atoms with E-state index in [-0.39, 0.29) is 0 Å². The zero-order chi connectivity index (χ0) is 9.80. The van der Waals surface area contributed by atoms with Gasteiger partial charge in [-0.05, 0) is 57.0 Å². The highest BCUT2D eigenvalue weighted by atomic mass is 14.9. The predicted octanol–water partition coefficient (Wildman–Crippen LogP) is 1.62. The molecule has 2 saturated carbocycles. The molecule has 3 unspecified atom stereocenters. The van der Waals surface area contributed by atoms with E-state index in [0.29, 0.717) is 0 Å². The fraction of sp³-hybridized carbons (Fsp3) is 1.00. The molecule has 0 amide bonds. The maximum absolute atomic E-state index is 3.51. The van der Waals surface area contributed by atoms with Crippen molar-refractivity contribution >= 4 is 0 Å². The topological polar surface area (TPSA) is 24.1 Å². The second-order valence-corrected chi connectivity index (χ2v) is 5.08. The first-order valence-electron chi connectivity index (χ1n) is 6.25. The van der Waals surface area contributed by atoms with Crippen molar-refractivity contribution in [2.75, 3.05) is 26.7 Å². The summed E-state index contributed by atoms with van der Waals surface area (Å²) in [5, 5.41) is 6.67. The molecule has 2 heteroatoms. The molecule has 2 rings (SSSR count). The lowest BCUT2D eigenvalue weighted by Crippen LogP contribution is -2.27. The van der Waals surface area contributed by atoms with Gasteiger partial charge in [-0.25, -0.2) is 0 Å². The van der Waals surface area contributed by atoms with Crippen LogP contribution in [0.4, 0.5) is 0 Å². The monoisotopic (exact) mass is 196 g/mol. The second-order valence-electron chi connectivity index (χ2n) is 5.08. The van der Waals surface area contributed by atoms with E-state index in [2.05, 4.69) is 10.6 Å². The molecule has 3 atom stereocenters. The summed E-state index contributed by atoms with van der Waals surface area (Å²) >= 11 is 0. The minimum Gasteiger partial charge on any atom is -0.318 e. The molecule has 0 aromatic heterocycles. The Bertz CT molecular complexity index is 170. The van der Waals surface area contributed by atoms with E-state index in [0.717, 1.165) is 30.8 Å². The van der Waals surface area contributed by atoms with Gasteiger partial charge in [0, 0.05) is 13.1 Å². The van der Waals surface area contributed by atoms with E-state index in [4.69, 9.17) is 0 Å². The summed E-state index contributed by atoms with van der Waals surface area (Å²) in [4.78, 5) is 0. The Morgan fingerprint density at radius 1 is 1.07 bits per heavy atom. The minimum absolute atomic E-state index is 1.07. The van der Waals surface area contributed by atoms with Crippen LogP contribution in [0.1, 0.15) is 32.1 Å². The third-order valence-corrected chi connectivity index (χ3v) is 4.13. The molecule has 2 bridgehead atoms. The molecule has 2 N–H and O–H groups in total. The van der Waals surface area contributed by atoms with Gasteiger partial charge in [0.15, 0.2) is 0 Å². The average molecular weight is 196 g/mol. The molecule has 82 valence electrons. The third kappa shape index (κ3) is 2.48. The summed E-state index contributed by atoms with van der Waals surface area (Å²) in [6.45, 7) is 3.45. The Kier molecular flexibility index (Phi) is 3.82. The van der Waals surface area contributed by atoms with Crippen LogP contribution in [0, 0.1) is 17.8 Å². The van der Waals surface area contributed by atoms with Crippen LogP contribution in [0.25, 0.3) is 0 Å². The molecule has 2 aliphatic carbocycles. The molecule has 2 nitrogen and oxygen atoms in total. The second kappa shape index (κ2) is 5.13. The molecular weight excluding hydrogens is 172 g/mol. The van der Waals surface area contributed by atoms with Crippen molar-refractivity contribution in [3.63, 3.8) is 0 Å². The van der Waals surface area contributed by atoms with Crippen LogP contribution >= 0.6 is 0 Å². The summed E-state index contributed by atoms with van der Waals surface area (Å²) in [6.07, 6.45) is 7.59. The fourth-order valence-electron chi connectivity index (χ4n) is 3.36. The van der Waals surface area contributed by atoms with E-state index in [1.165, 1.54) is 25.8 Å². The van der Waals surface area contributed by atoms with Crippen molar-refractivity contribution in [1.82, 2.24) is 10.6 Å². The van der Waals surface area contributed by atoms with Crippen LogP contribution in [-0.4, -0.2) is 26.7 Å². The number of fused-ring (bicyclic) bond motifs is 2. The van der Waals surface area contributed by atoms with Gasteiger partial charge in [-0.1, -0.05) is 6.42 Å². The van der Waals surface area contributed by atoms with Gasteiger partial charge in [0.25, 0.3) is 0 Å². The van der Waals surface area contributed by atoms with Gasteiger partial charge in [-0.15, -0.1) is 0 Å². The smallest absolute Gasteiger partial charge is 0.00766 e. The Hall–Kier alpha value is -0.0800. The van der Waals surface area contributed by atoms with Gasteiger partial charge in [0.05, 0.1) is 0 Å². The highest BCUT2D eigenvalue weighted by Gasteiger charge is 2.38. The SMILES string of the molecule is CNCCNCCC1CC2CCC1C2. The quantitative estimate of drug-likeness (QED) is 0.631. The van der Waals surface area contributed by atoms with Crippen molar-refractivity contribution in [2.24, 2.45) is 17.8 Å². The van der Waals surface area contributed by atoms with Gasteiger partial charge in [-0.2, -0.15) is 0 Å². The maximum Gasteiger partial charge on any atom is 0.00766 e. The first-order valence-corrected chi connectivity index (χ1v) is 6.25. The molecule has 14 heavy (non-hydrogen) atoms. The highest BCUT2D eigenvalue weighted by Crippen LogP contribution is 2.49. The van der Waals surface area contributed by atoms with Crippen molar-refractivity contribution in [3.8, 4) is 0 Å². The summed E-state index contributed by atoms with van der Waals surface area (Å²) in [5.74, 6) is 3.28. The van der Waals surface area contributed by atoms with E-state index in [1.807, 2.05) is 7.05 Å². The maximum atomic E-state index is 3.51. The van der Waals surface area contributed by atoms with E-state index in [1.54, 1.807) is 12.8 Å². The van der Waals surface area contributed by atoms with Crippen LogP contribution in [0.5, 0.6) is 0 Å². The molecule has 0 aliphatic heterocycles. The Morgan fingerprint density at radius 3 is 2.64 bits per heavy atom. The lowest BCUT2D eigenvalue weighted by Gasteiger charge is -2.21. The van der Waals surface area contributed by atoms with Crippen molar-refractivity contribution < 1.29 is 0 Å². The van der Waals surface area contributed by atoms with Crippen LogP contribution in [0.2, 0.25) is 0 Å². The van der Waals surface area contributed by atoms with Gasteiger partial charge in [-0.3, -0.25) is 0 Å². The van der Waals surface area contributed by atoms with Crippen molar-refractivity contribution in [2.45, 2.75) is 32.1 Å². The molecule has 0 saturated heterocycles. The van der Waals surface area contributed by atoms with Gasteiger partial charge >= 0.3 is 0 Å². The van der Waals surface area contributed by atoms with Crippen molar-refractivity contribution in [3.05, 3.63) is 0 Å². The Labute approximate surface area is 87.8 Å². The first kappa shape index (κ1) is 10.4. The van der Waals surface area contributed by atoms with Gasteiger partial charge in [0.2, 0.25) is 0 Å². The molecule has 2 aliphatic rings. The summed E-state index contributed by atoms with van der Waals surface area (Å²) in [6, 6.07) is 0. The molecule has 2 fully saturated rings. The molecule has 0 aromatic rings. The summed E-state index contributed by atoms with van der Waals surface area (Å²) < 4.78 is 0. The fourth-order valence-corrected chi connectivity index (χ4v) is 3.36. The molecule has 0 aromatic carbocycles. The molecule has 0 heterocycles. The zero-order valence-electron chi connectivity index (χ0n) is 9.39. The molecule has 0 radical (unpaired) electrons. The van der Waals surface area contributed by atoms with Crippen LogP contribution < -0.4 is 10.6 Å². The standard InChI is InChI=1S/C12H24N2/c1-13-6-7-14-5-4-12-9-10-2-3-11(12)8-10/h10-14H,2-9H2,1H3. The number of nitrogens with one attached hydrogen (secondary N) is 2. The third-order valence-electron chi connectivity index (χ3n) is 4.13. The van der Waals surface area contributed by atoms with Crippen molar-refractivity contribution in [1.29, 1.82) is 0 Å². The summed E-state index contributed by atoms with van der Waals surface area (Å²) in [7, 11) is 2.01. The highest BCUT2D eigenvalue weighted by molar-refractivity contribution is 4.89. The Morgan fingerprint density at radius 2 is 2.00 bits per heavy atom. The average Bonchev–Trinajstić information content (AvgIpc) is 2.79. The van der Waals surface area contributed by atoms with E-state index >= 15 is 0 Å². The van der Waals surface area contributed by atoms with Crippen LogP contribution in [0.3, 0.4) is 0 Å². The van der Waals surface area contributed by atoms with Crippen LogP contribution in [0.15, 0.2) is 0 Å². The molecule has 0 spiro atoms. The van der Waals surface area contributed by atoms with Crippen LogP contribution in [-0.2, 0) is 0 Å². The first-order chi connectivity index (χ1) is 6.90. The normalized spacial score (nSPS) is 35.4. The largest absolute Gasteiger partial charge is 0.318 e. The van der Waals surface area contributed by atoms with Gasteiger partial charge in [0.1, 0.15) is 0 Å². The molecular formula is C12H24N2. The van der Waals surface area contributed by atoms with Gasteiger partial charge < -0.3 is 10.6 Å². The van der Waals surface area contributed by atoms with E-state index < -0.39 is 0 Å². The minimum atomic E-state index is 1.07. The number of hydrogen-bond acceptors (Lipinski definition) is 2. The lowest BCUT2D eigenvalue weighted by atomic mass is 9.86. The lowest BCUT2D eigenvalue weighted by molar-refractivity contribution is 0.310. The number of rotatable bonds is 6. The number of likely N-dealkylation sites (N-methyl/N-ethyl adjacent to an activating group) is 1.